The summed E-state index contributed by atoms with van der Waals surface area (Å²) >= 11 is 0. The van der Waals surface area contributed by atoms with Gasteiger partial charge in [0.2, 0.25) is 11.6 Å². The highest BCUT2D eigenvalue weighted by atomic mass is 16.2. The number of benzene rings is 5. The number of aromatic amines is 2. The molecule has 0 atom stereocenters. The Balaban J connectivity index is 1.11. The number of H-pyrrole nitrogens is 2. The van der Waals surface area contributed by atoms with Gasteiger partial charge in [-0.1, -0.05) is 109 Å². The van der Waals surface area contributed by atoms with Crippen LogP contribution in [0.4, 0.5) is 0 Å². The van der Waals surface area contributed by atoms with Gasteiger partial charge in [0.15, 0.2) is 0 Å². The molecule has 0 saturated carbocycles. The third-order valence-corrected chi connectivity index (χ3v) is 8.37. The summed E-state index contributed by atoms with van der Waals surface area (Å²) in [5, 5.41) is 29.4. The third-order valence-electron chi connectivity index (χ3n) is 8.37. The van der Waals surface area contributed by atoms with E-state index < -0.39 is 0 Å². The highest BCUT2D eigenvalue weighted by Gasteiger charge is 2.16. The Morgan fingerprint density at radius 3 is 1.46 bits per heavy atom. The molecule has 0 amide bonds. The Hall–Kier alpha value is -6.82. The van der Waals surface area contributed by atoms with Crippen molar-refractivity contribution in [3.63, 3.8) is 0 Å². The van der Waals surface area contributed by atoms with E-state index in [2.05, 4.69) is 41.2 Å². The van der Waals surface area contributed by atoms with Gasteiger partial charge < -0.3 is 0 Å². The van der Waals surface area contributed by atoms with Gasteiger partial charge in [-0.2, -0.15) is 10.4 Å². The molecule has 0 fully saturated rings. The predicted octanol–water partition coefficient (Wildman–Crippen LogP) is 4.95. The molecule has 48 heavy (non-hydrogen) atoms. The molecule has 0 aliphatic rings. The van der Waals surface area contributed by atoms with Crippen LogP contribution in [0.5, 0.6) is 0 Å². The summed E-state index contributed by atoms with van der Waals surface area (Å²) in [7, 11) is 0. The lowest BCUT2D eigenvalue weighted by Crippen LogP contribution is -2.40. The highest BCUT2D eigenvalue weighted by molar-refractivity contribution is 5.81. The molecule has 12 heteroatoms. The number of nitrogens with one attached hydrogen (secondary N) is 2. The minimum Gasteiger partial charge on any atom is -0.289 e. The molecular formula is C36H26N10O2. The second-order valence-corrected chi connectivity index (χ2v) is 11.2. The van der Waals surface area contributed by atoms with E-state index in [1.54, 1.807) is 10.6 Å². The van der Waals surface area contributed by atoms with Gasteiger partial charge >= 0.3 is 5.69 Å². The summed E-state index contributed by atoms with van der Waals surface area (Å²) in [6.07, 6.45) is 0. The Morgan fingerprint density at radius 2 is 0.958 bits per heavy atom. The van der Waals surface area contributed by atoms with E-state index in [1.807, 2.05) is 115 Å². The Labute approximate surface area is 272 Å². The summed E-state index contributed by atoms with van der Waals surface area (Å²) < 4.78 is 2.97. The monoisotopic (exact) mass is 630 g/mol. The van der Waals surface area contributed by atoms with Crippen LogP contribution in [-0.2, 0) is 13.1 Å². The molecule has 0 radical (unpaired) electrons. The van der Waals surface area contributed by atoms with Crippen LogP contribution in [0.3, 0.4) is 0 Å². The summed E-state index contributed by atoms with van der Waals surface area (Å²) in [6, 6.07) is 38.7. The second-order valence-electron chi connectivity index (χ2n) is 11.2. The van der Waals surface area contributed by atoms with Crippen molar-refractivity contribution in [2.45, 2.75) is 13.1 Å². The quantitative estimate of drug-likeness (QED) is 0.239. The van der Waals surface area contributed by atoms with Crippen LogP contribution in [-0.4, -0.2) is 50.4 Å². The average Bonchev–Trinajstić information content (AvgIpc) is 3.89. The van der Waals surface area contributed by atoms with Crippen LogP contribution in [0.2, 0.25) is 0 Å². The molecule has 232 valence electrons. The number of fused-ring (bicyclic) bond motifs is 1. The lowest BCUT2D eigenvalue weighted by molar-refractivity contribution is 0.635. The Bertz CT molecular complexity index is 2480. The second kappa shape index (κ2) is 12.2. The number of hydrogen-bond acceptors (Lipinski definition) is 8. The standard InChI is InChI=1S/C36H26N10O2/c47-35-31-11-5-6-12-32(31)45(21-23-13-17-25(18-14-23)27-7-1-3-9-29(27)33-37-41-42-38-33)36(48)46(35)22-24-15-19-26(20-16-24)28-8-2-4-10-30(28)34-39-43-44-40-34/h1-20H,21-22H2,(H,37,38,41,42)(H,39,40,43,44). The van der Waals surface area contributed by atoms with Gasteiger partial charge in [-0.3, -0.25) is 13.9 Å². The van der Waals surface area contributed by atoms with Gasteiger partial charge in [-0.25, -0.2) is 4.79 Å². The lowest BCUT2D eigenvalue weighted by atomic mass is 9.98. The summed E-state index contributed by atoms with van der Waals surface area (Å²) in [5.41, 5.74) is 7.15. The number of tetrazole rings is 2. The first-order valence-corrected chi connectivity index (χ1v) is 15.2. The fourth-order valence-electron chi connectivity index (χ4n) is 6.02. The van der Waals surface area contributed by atoms with Crippen LogP contribution in [0.15, 0.2) is 131 Å². The molecular weight excluding hydrogens is 604 g/mol. The van der Waals surface area contributed by atoms with Crippen molar-refractivity contribution in [3.8, 4) is 45.0 Å². The molecule has 8 aromatic rings. The molecule has 0 aliphatic heterocycles. The first kappa shape index (κ1) is 28.6. The highest BCUT2D eigenvalue weighted by Crippen LogP contribution is 2.31. The number of nitrogens with zero attached hydrogens (tertiary/aromatic N) is 8. The molecule has 3 heterocycles. The average molecular weight is 631 g/mol. The van der Waals surface area contributed by atoms with E-state index in [-0.39, 0.29) is 24.3 Å². The molecule has 0 aliphatic carbocycles. The van der Waals surface area contributed by atoms with Crippen LogP contribution in [0, 0.1) is 0 Å². The molecule has 0 bridgehead atoms. The molecule has 5 aromatic carbocycles. The van der Waals surface area contributed by atoms with E-state index in [0.29, 0.717) is 22.6 Å². The maximum absolute atomic E-state index is 14.0. The van der Waals surface area contributed by atoms with Crippen molar-refractivity contribution < 1.29 is 0 Å². The zero-order valence-corrected chi connectivity index (χ0v) is 25.4. The predicted molar refractivity (Wildman–Crippen MR) is 181 cm³/mol. The van der Waals surface area contributed by atoms with Crippen molar-refractivity contribution in [3.05, 3.63) is 153 Å². The minimum atomic E-state index is -0.378. The molecule has 2 N–H and O–H groups in total. The van der Waals surface area contributed by atoms with Crippen molar-refractivity contribution in [2.75, 3.05) is 0 Å². The lowest BCUT2D eigenvalue weighted by Gasteiger charge is -2.15. The zero-order valence-electron chi connectivity index (χ0n) is 25.4. The smallest absolute Gasteiger partial charge is 0.289 e. The summed E-state index contributed by atoms with van der Waals surface area (Å²) in [4.78, 5) is 27.7. The Morgan fingerprint density at radius 1 is 0.500 bits per heavy atom. The van der Waals surface area contributed by atoms with Crippen LogP contribution in [0.25, 0.3) is 55.9 Å². The zero-order chi connectivity index (χ0) is 32.5. The Kier molecular flexibility index (Phi) is 7.26. The molecule has 0 unspecified atom stereocenters. The molecule has 8 rings (SSSR count). The summed E-state index contributed by atoms with van der Waals surface area (Å²) in [6.45, 7) is 0.416. The molecule has 3 aromatic heterocycles. The first-order valence-electron chi connectivity index (χ1n) is 15.2. The van der Waals surface area contributed by atoms with E-state index in [1.165, 1.54) is 4.57 Å². The molecule has 0 spiro atoms. The first-order chi connectivity index (χ1) is 23.6. The van der Waals surface area contributed by atoms with Gasteiger partial charge in [0.05, 0.1) is 24.0 Å². The van der Waals surface area contributed by atoms with E-state index in [0.717, 1.165) is 44.5 Å². The van der Waals surface area contributed by atoms with Crippen LogP contribution >= 0.6 is 0 Å². The van der Waals surface area contributed by atoms with Gasteiger partial charge in [0.25, 0.3) is 5.56 Å². The normalized spacial score (nSPS) is 11.2. The van der Waals surface area contributed by atoms with Gasteiger partial charge in [-0.05, 0) is 55.9 Å². The van der Waals surface area contributed by atoms with Crippen LogP contribution < -0.4 is 11.2 Å². The number of rotatable bonds is 8. The number of aromatic nitrogens is 10. The molecule has 0 saturated heterocycles. The fraction of sp³-hybridized carbons (Fsp3) is 0.0556. The summed E-state index contributed by atoms with van der Waals surface area (Å²) in [5.74, 6) is 1.01. The number of para-hydroxylation sites is 1. The number of hydrogen-bond donors (Lipinski definition) is 2. The topological polar surface area (TPSA) is 153 Å². The third kappa shape index (κ3) is 5.26. The fourth-order valence-corrected chi connectivity index (χ4v) is 6.02. The van der Waals surface area contributed by atoms with Crippen molar-refractivity contribution in [1.82, 2.24) is 50.4 Å². The van der Waals surface area contributed by atoms with Gasteiger partial charge in [0.1, 0.15) is 0 Å². The van der Waals surface area contributed by atoms with Crippen molar-refractivity contribution >= 4 is 10.9 Å². The van der Waals surface area contributed by atoms with Crippen LogP contribution in [0.1, 0.15) is 11.1 Å². The van der Waals surface area contributed by atoms with E-state index in [9.17, 15) is 9.59 Å². The SMILES string of the molecule is O=c1c2ccccc2n(Cc2ccc(-c3ccccc3-c3nn[nH]n3)cc2)c(=O)n1Cc1ccc(-c2ccccc2-c2nn[nH]n2)cc1. The van der Waals surface area contributed by atoms with Crippen molar-refractivity contribution in [2.24, 2.45) is 0 Å². The van der Waals surface area contributed by atoms with E-state index in [4.69, 9.17) is 0 Å². The maximum atomic E-state index is 14.0. The minimum absolute atomic E-state index is 0.126. The van der Waals surface area contributed by atoms with Gasteiger partial charge in [-0.15, -0.1) is 20.4 Å². The molecule has 12 nitrogen and oxygen atoms in total. The van der Waals surface area contributed by atoms with Gasteiger partial charge in [0, 0.05) is 11.1 Å². The maximum Gasteiger partial charge on any atom is 0.332 e. The van der Waals surface area contributed by atoms with Crippen molar-refractivity contribution in [1.29, 1.82) is 0 Å². The van der Waals surface area contributed by atoms with E-state index >= 15 is 0 Å². The largest absolute Gasteiger partial charge is 0.332 e.